The lowest BCUT2D eigenvalue weighted by molar-refractivity contribution is -0.146. The van der Waals surface area contributed by atoms with Crippen molar-refractivity contribution in [2.45, 2.75) is 45.1 Å². The molecule has 1 aromatic rings. The van der Waals surface area contributed by atoms with Gasteiger partial charge in [0.05, 0.1) is 7.11 Å². The normalized spacial score (nSPS) is 11.2. The van der Waals surface area contributed by atoms with Crippen LogP contribution >= 0.6 is 15.9 Å². The van der Waals surface area contributed by atoms with Crippen molar-refractivity contribution in [2.24, 2.45) is 0 Å². The molecule has 0 atom stereocenters. The minimum Gasteiger partial charge on any atom is -0.467 e. The van der Waals surface area contributed by atoms with E-state index in [1.807, 2.05) is 24.3 Å². The fourth-order valence-corrected chi connectivity index (χ4v) is 2.63. The minimum atomic E-state index is -0.619. The summed E-state index contributed by atoms with van der Waals surface area (Å²) in [7, 11) is 1.45. The SMILES string of the molecule is CCCC(CCC)(Nc1ccc(Br)cc1)C(=O)OC. The number of anilines is 1. The fraction of sp³-hybridized carbons (Fsp3) is 0.533. The van der Waals surface area contributed by atoms with Crippen molar-refractivity contribution in [3.63, 3.8) is 0 Å². The van der Waals surface area contributed by atoms with Crippen molar-refractivity contribution in [1.82, 2.24) is 0 Å². The number of rotatable bonds is 7. The Kier molecular flexibility index (Phi) is 6.35. The molecule has 1 N–H and O–H groups in total. The third-order valence-corrected chi connectivity index (χ3v) is 3.69. The van der Waals surface area contributed by atoms with Crippen LogP contribution in [0, 0.1) is 0 Å². The van der Waals surface area contributed by atoms with Gasteiger partial charge in [-0.15, -0.1) is 0 Å². The number of esters is 1. The summed E-state index contributed by atoms with van der Waals surface area (Å²) >= 11 is 3.41. The van der Waals surface area contributed by atoms with Crippen molar-refractivity contribution in [3.8, 4) is 0 Å². The molecule has 19 heavy (non-hydrogen) atoms. The zero-order valence-electron chi connectivity index (χ0n) is 11.8. The maximum absolute atomic E-state index is 12.2. The lowest BCUT2D eigenvalue weighted by atomic mass is 9.88. The van der Waals surface area contributed by atoms with Gasteiger partial charge in [-0.2, -0.15) is 0 Å². The van der Waals surface area contributed by atoms with Crippen molar-refractivity contribution < 1.29 is 9.53 Å². The Morgan fingerprint density at radius 1 is 1.21 bits per heavy atom. The molecular weight excluding hydrogens is 306 g/mol. The number of hydrogen-bond acceptors (Lipinski definition) is 3. The van der Waals surface area contributed by atoms with E-state index in [9.17, 15) is 4.79 Å². The molecule has 0 saturated carbocycles. The standard InChI is InChI=1S/C15H22BrNO2/c1-4-10-15(11-5-2,14(18)19-3)17-13-8-6-12(16)7-9-13/h6-9,17H,4-5,10-11H2,1-3H3. The molecule has 0 unspecified atom stereocenters. The molecule has 0 aliphatic heterocycles. The first kappa shape index (κ1) is 16.0. The maximum Gasteiger partial charge on any atom is 0.331 e. The smallest absolute Gasteiger partial charge is 0.331 e. The zero-order valence-corrected chi connectivity index (χ0v) is 13.4. The number of carbonyl (C=O) groups is 1. The number of benzene rings is 1. The fourth-order valence-electron chi connectivity index (χ4n) is 2.36. The highest BCUT2D eigenvalue weighted by Crippen LogP contribution is 2.27. The third-order valence-electron chi connectivity index (χ3n) is 3.16. The van der Waals surface area contributed by atoms with E-state index in [-0.39, 0.29) is 5.97 Å². The maximum atomic E-state index is 12.2. The second-order valence-electron chi connectivity index (χ2n) is 4.71. The van der Waals surface area contributed by atoms with E-state index in [2.05, 4.69) is 35.1 Å². The quantitative estimate of drug-likeness (QED) is 0.755. The molecule has 0 radical (unpaired) electrons. The Morgan fingerprint density at radius 3 is 2.16 bits per heavy atom. The number of ether oxygens (including phenoxy) is 1. The summed E-state index contributed by atoms with van der Waals surface area (Å²) in [6.07, 6.45) is 3.39. The molecule has 0 aliphatic rings. The van der Waals surface area contributed by atoms with Gasteiger partial charge in [-0.1, -0.05) is 42.6 Å². The molecule has 0 bridgehead atoms. The molecule has 0 aromatic heterocycles. The van der Waals surface area contributed by atoms with E-state index < -0.39 is 5.54 Å². The molecular formula is C15H22BrNO2. The summed E-state index contributed by atoms with van der Waals surface area (Å²) in [6.45, 7) is 4.16. The minimum absolute atomic E-state index is 0.181. The van der Waals surface area contributed by atoms with Gasteiger partial charge in [0.2, 0.25) is 0 Å². The van der Waals surface area contributed by atoms with Gasteiger partial charge in [0.1, 0.15) is 5.54 Å². The van der Waals surface area contributed by atoms with E-state index >= 15 is 0 Å². The predicted octanol–water partition coefficient (Wildman–Crippen LogP) is 4.37. The van der Waals surface area contributed by atoms with Crippen molar-refractivity contribution in [3.05, 3.63) is 28.7 Å². The number of halogens is 1. The van der Waals surface area contributed by atoms with Crippen LogP contribution in [-0.2, 0) is 9.53 Å². The first-order valence-corrected chi connectivity index (χ1v) is 7.49. The van der Waals surface area contributed by atoms with Gasteiger partial charge in [0.15, 0.2) is 0 Å². The van der Waals surface area contributed by atoms with Gasteiger partial charge >= 0.3 is 5.97 Å². The number of carbonyl (C=O) groups excluding carboxylic acids is 1. The van der Waals surface area contributed by atoms with E-state index in [4.69, 9.17) is 4.74 Å². The monoisotopic (exact) mass is 327 g/mol. The van der Waals surface area contributed by atoms with Crippen LogP contribution in [0.1, 0.15) is 39.5 Å². The van der Waals surface area contributed by atoms with E-state index in [0.717, 1.165) is 35.8 Å². The second-order valence-corrected chi connectivity index (χ2v) is 5.62. The molecule has 0 saturated heterocycles. The van der Waals surface area contributed by atoms with Crippen LogP contribution in [-0.4, -0.2) is 18.6 Å². The van der Waals surface area contributed by atoms with Crippen LogP contribution in [0.5, 0.6) is 0 Å². The summed E-state index contributed by atoms with van der Waals surface area (Å²) in [5.41, 5.74) is 0.321. The molecule has 3 nitrogen and oxygen atoms in total. The molecule has 106 valence electrons. The van der Waals surface area contributed by atoms with Gasteiger partial charge in [-0.05, 0) is 37.1 Å². The van der Waals surface area contributed by atoms with E-state index in [1.165, 1.54) is 7.11 Å². The first-order valence-electron chi connectivity index (χ1n) is 6.70. The summed E-state index contributed by atoms with van der Waals surface area (Å²) < 4.78 is 6.03. The van der Waals surface area contributed by atoms with Gasteiger partial charge in [-0.3, -0.25) is 0 Å². The molecule has 0 spiro atoms. The van der Waals surface area contributed by atoms with Gasteiger partial charge in [-0.25, -0.2) is 4.79 Å². The van der Waals surface area contributed by atoms with Crippen LogP contribution in [0.3, 0.4) is 0 Å². The van der Waals surface area contributed by atoms with Gasteiger partial charge in [0.25, 0.3) is 0 Å². The lowest BCUT2D eigenvalue weighted by Crippen LogP contribution is -2.47. The molecule has 1 rings (SSSR count). The van der Waals surface area contributed by atoms with Crippen LogP contribution in [0.2, 0.25) is 0 Å². The molecule has 4 heteroatoms. The topological polar surface area (TPSA) is 38.3 Å². The number of methoxy groups -OCH3 is 1. The van der Waals surface area contributed by atoms with Crippen LogP contribution in [0.25, 0.3) is 0 Å². The molecule has 0 fully saturated rings. The van der Waals surface area contributed by atoms with Crippen molar-refractivity contribution in [2.75, 3.05) is 12.4 Å². The molecule has 1 aromatic carbocycles. The van der Waals surface area contributed by atoms with E-state index in [0.29, 0.717) is 0 Å². The summed E-state index contributed by atoms with van der Waals surface area (Å²) in [6, 6.07) is 7.85. The number of hydrogen-bond donors (Lipinski definition) is 1. The second kappa shape index (κ2) is 7.53. The van der Waals surface area contributed by atoms with Crippen molar-refractivity contribution in [1.29, 1.82) is 0 Å². The Bertz CT molecular complexity index is 397. The van der Waals surface area contributed by atoms with Crippen LogP contribution in [0.4, 0.5) is 5.69 Å². The predicted molar refractivity (Wildman–Crippen MR) is 82.3 cm³/mol. The average Bonchev–Trinajstić information content (AvgIpc) is 2.41. The molecule has 0 aliphatic carbocycles. The molecule has 0 amide bonds. The summed E-state index contributed by atoms with van der Waals surface area (Å²) in [4.78, 5) is 12.2. The lowest BCUT2D eigenvalue weighted by Gasteiger charge is -2.32. The summed E-state index contributed by atoms with van der Waals surface area (Å²) in [5, 5.41) is 3.38. The summed E-state index contributed by atoms with van der Waals surface area (Å²) in [5.74, 6) is -0.181. The number of nitrogens with one attached hydrogen (secondary N) is 1. The largest absolute Gasteiger partial charge is 0.467 e. The Balaban J connectivity index is 3.00. The highest BCUT2D eigenvalue weighted by molar-refractivity contribution is 9.10. The van der Waals surface area contributed by atoms with Gasteiger partial charge in [0, 0.05) is 10.2 Å². The van der Waals surface area contributed by atoms with Gasteiger partial charge < -0.3 is 10.1 Å². The van der Waals surface area contributed by atoms with E-state index in [1.54, 1.807) is 0 Å². The Hall–Kier alpha value is -1.03. The van der Waals surface area contributed by atoms with Crippen LogP contribution in [0.15, 0.2) is 28.7 Å². The molecule has 0 heterocycles. The highest BCUT2D eigenvalue weighted by atomic mass is 79.9. The Labute approximate surface area is 123 Å². The average molecular weight is 328 g/mol. The van der Waals surface area contributed by atoms with Crippen molar-refractivity contribution >= 4 is 27.6 Å². The zero-order chi connectivity index (χ0) is 14.3. The Morgan fingerprint density at radius 2 is 1.74 bits per heavy atom. The van der Waals surface area contributed by atoms with Crippen LogP contribution < -0.4 is 5.32 Å². The highest BCUT2D eigenvalue weighted by Gasteiger charge is 2.37. The first-order chi connectivity index (χ1) is 9.07. The third kappa shape index (κ3) is 4.23.